The summed E-state index contributed by atoms with van der Waals surface area (Å²) in [6.07, 6.45) is 1.94. The van der Waals surface area contributed by atoms with Crippen molar-refractivity contribution in [1.29, 1.82) is 0 Å². The van der Waals surface area contributed by atoms with Crippen LogP contribution in [0.25, 0.3) is 0 Å². The molecule has 1 N–H and O–H groups in total. The lowest BCUT2D eigenvalue weighted by molar-refractivity contribution is -0.136. The van der Waals surface area contributed by atoms with Gasteiger partial charge in [-0.25, -0.2) is 9.07 Å². The molecule has 0 saturated carbocycles. The highest BCUT2D eigenvalue weighted by Gasteiger charge is 2.42. The van der Waals surface area contributed by atoms with Crippen LogP contribution >= 0.6 is 0 Å². The minimum Gasteiger partial charge on any atom is -0.379 e. The van der Waals surface area contributed by atoms with Crippen molar-refractivity contribution < 1.29 is 14.0 Å². The Morgan fingerprint density at radius 2 is 2.04 bits per heavy atom. The molecule has 2 aromatic rings. The van der Waals surface area contributed by atoms with Crippen molar-refractivity contribution in [3.05, 3.63) is 47.9 Å². The number of anilines is 1. The molecule has 24 heavy (non-hydrogen) atoms. The number of halogens is 1. The molecule has 0 aliphatic carbocycles. The van der Waals surface area contributed by atoms with E-state index in [0.29, 0.717) is 18.0 Å². The van der Waals surface area contributed by atoms with Crippen LogP contribution in [0, 0.1) is 5.82 Å². The lowest BCUT2D eigenvalue weighted by Gasteiger charge is -2.21. The van der Waals surface area contributed by atoms with Gasteiger partial charge in [0.2, 0.25) is 5.60 Å². The monoisotopic (exact) mass is 330 g/mol. The zero-order valence-corrected chi connectivity index (χ0v) is 13.8. The second-order valence-corrected chi connectivity index (χ2v) is 6.25. The van der Waals surface area contributed by atoms with E-state index < -0.39 is 5.60 Å². The Morgan fingerprint density at radius 3 is 2.71 bits per heavy atom. The summed E-state index contributed by atoms with van der Waals surface area (Å²) in [5.74, 6) is -0.0125. The number of amides is 1. The summed E-state index contributed by atoms with van der Waals surface area (Å²) in [6.45, 7) is 5.64. The third kappa shape index (κ3) is 3.02. The van der Waals surface area contributed by atoms with E-state index >= 15 is 0 Å². The largest absolute Gasteiger partial charge is 0.379 e. The molecule has 1 aromatic heterocycles. The van der Waals surface area contributed by atoms with Crippen LogP contribution in [0.4, 0.5) is 10.2 Å². The Hall–Kier alpha value is -2.70. The molecule has 0 saturated heterocycles. The summed E-state index contributed by atoms with van der Waals surface area (Å²) >= 11 is 0. The summed E-state index contributed by atoms with van der Waals surface area (Å²) in [5, 5.41) is 11.0. The molecule has 0 fully saturated rings. The molecular weight excluding hydrogens is 311 g/mol. The normalized spacial score (nSPS) is 20.0. The third-order valence-corrected chi connectivity index (χ3v) is 3.92. The molecule has 2 heterocycles. The standard InChI is InChI=1S/C17H19FN4O2/c1-11(2)22-15(8-9-19-22)20-16(23)17(3)10-14(21-24-17)12-4-6-13(18)7-5-12/h4-9,11H,10H2,1-3H3,(H,20,23). The minimum atomic E-state index is -1.12. The number of carbonyl (C=O) groups excluding carboxylic acids is 1. The predicted octanol–water partition coefficient (Wildman–Crippen LogP) is 3.12. The Morgan fingerprint density at radius 1 is 1.33 bits per heavy atom. The number of benzene rings is 1. The number of carbonyl (C=O) groups is 1. The lowest BCUT2D eigenvalue weighted by Crippen LogP contribution is -2.40. The first kappa shape index (κ1) is 16.2. The van der Waals surface area contributed by atoms with Gasteiger partial charge in [0.05, 0.1) is 11.9 Å². The van der Waals surface area contributed by atoms with E-state index in [1.165, 1.54) is 12.1 Å². The fraction of sp³-hybridized carbons (Fsp3) is 0.353. The fourth-order valence-corrected chi connectivity index (χ4v) is 2.53. The van der Waals surface area contributed by atoms with Crippen molar-refractivity contribution in [3.63, 3.8) is 0 Å². The van der Waals surface area contributed by atoms with E-state index in [0.717, 1.165) is 5.56 Å². The SMILES string of the molecule is CC(C)n1nccc1NC(=O)C1(C)CC(c2ccc(F)cc2)=NO1. The minimum absolute atomic E-state index is 0.124. The molecule has 126 valence electrons. The molecule has 0 spiro atoms. The number of oxime groups is 1. The molecule has 1 aliphatic rings. The Bertz CT molecular complexity index is 782. The molecule has 1 atom stereocenters. The molecular formula is C17H19FN4O2. The number of aromatic nitrogens is 2. The quantitative estimate of drug-likeness (QED) is 0.936. The summed E-state index contributed by atoms with van der Waals surface area (Å²) in [4.78, 5) is 18.0. The highest BCUT2D eigenvalue weighted by Crippen LogP contribution is 2.28. The van der Waals surface area contributed by atoms with Crippen LogP contribution in [0.1, 0.15) is 38.8 Å². The number of nitrogens with zero attached hydrogens (tertiary/aromatic N) is 3. The van der Waals surface area contributed by atoms with Crippen molar-refractivity contribution in [2.45, 2.75) is 38.8 Å². The summed E-state index contributed by atoms with van der Waals surface area (Å²) < 4.78 is 14.7. The van der Waals surface area contributed by atoms with Gasteiger partial charge in [-0.3, -0.25) is 4.79 Å². The highest BCUT2D eigenvalue weighted by molar-refractivity contribution is 6.07. The van der Waals surface area contributed by atoms with Crippen molar-refractivity contribution in [1.82, 2.24) is 9.78 Å². The molecule has 0 radical (unpaired) electrons. The first-order valence-electron chi connectivity index (χ1n) is 7.75. The van der Waals surface area contributed by atoms with E-state index in [2.05, 4.69) is 15.6 Å². The van der Waals surface area contributed by atoms with Gasteiger partial charge in [0, 0.05) is 18.5 Å². The van der Waals surface area contributed by atoms with Gasteiger partial charge >= 0.3 is 0 Å². The van der Waals surface area contributed by atoms with Gasteiger partial charge in [-0.05, 0) is 38.5 Å². The maximum atomic E-state index is 13.0. The van der Waals surface area contributed by atoms with Crippen molar-refractivity contribution in [2.75, 3.05) is 5.32 Å². The van der Waals surface area contributed by atoms with E-state index in [1.54, 1.807) is 36.0 Å². The highest BCUT2D eigenvalue weighted by atomic mass is 19.1. The topological polar surface area (TPSA) is 68.5 Å². The van der Waals surface area contributed by atoms with Crippen LogP contribution in [0.3, 0.4) is 0 Å². The van der Waals surface area contributed by atoms with Gasteiger partial charge in [-0.2, -0.15) is 5.10 Å². The average molecular weight is 330 g/mol. The van der Waals surface area contributed by atoms with Crippen LogP contribution in [0.2, 0.25) is 0 Å². The van der Waals surface area contributed by atoms with Gasteiger partial charge in [-0.15, -0.1) is 0 Å². The Labute approximate surface area is 139 Å². The fourth-order valence-electron chi connectivity index (χ4n) is 2.53. The Kier molecular flexibility index (Phi) is 4.09. The first-order chi connectivity index (χ1) is 11.4. The lowest BCUT2D eigenvalue weighted by atomic mass is 9.95. The van der Waals surface area contributed by atoms with Gasteiger partial charge in [0.25, 0.3) is 5.91 Å². The van der Waals surface area contributed by atoms with E-state index in [-0.39, 0.29) is 17.8 Å². The molecule has 0 bridgehead atoms. The molecule has 3 rings (SSSR count). The molecule has 1 aromatic carbocycles. The van der Waals surface area contributed by atoms with E-state index in [1.807, 2.05) is 13.8 Å². The van der Waals surface area contributed by atoms with Gasteiger partial charge in [0.15, 0.2) is 0 Å². The number of rotatable bonds is 4. The number of nitrogens with one attached hydrogen (secondary N) is 1. The van der Waals surface area contributed by atoms with Crippen LogP contribution in [-0.4, -0.2) is 27.0 Å². The molecule has 1 unspecified atom stereocenters. The molecule has 1 amide bonds. The second kappa shape index (κ2) is 6.07. The molecule has 6 nitrogen and oxygen atoms in total. The van der Waals surface area contributed by atoms with E-state index in [9.17, 15) is 9.18 Å². The number of hydrogen-bond acceptors (Lipinski definition) is 4. The zero-order valence-electron chi connectivity index (χ0n) is 13.8. The van der Waals surface area contributed by atoms with Gasteiger partial charge in [-0.1, -0.05) is 17.3 Å². The van der Waals surface area contributed by atoms with Gasteiger partial charge in [0.1, 0.15) is 11.6 Å². The summed E-state index contributed by atoms with van der Waals surface area (Å²) in [5.41, 5.74) is 0.237. The van der Waals surface area contributed by atoms with Crippen molar-refractivity contribution >= 4 is 17.4 Å². The zero-order chi connectivity index (χ0) is 17.3. The average Bonchev–Trinajstić information content (AvgIpc) is 3.16. The summed E-state index contributed by atoms with van der Waals surface area (Å²) in [7, 11) is 0. The van der Waals surface area contributed by atoms with E-state index in [4.69, 9.17) is 4.84 Å². The number of hydrogen-bond donors (Lipinski definition) is 1. The third-order valence-electron chi connectivity index (χ3n) is 3.92. The van der Waals surface area contributed by atoms with Crippen LogP contribution in [0.5, 0.6) is 0 Å². The van der Waals surface area contributed by atoms with Crippen LogP contribution in [0.15, 0.2) is 41.7 Å². The molecule has 1 aliphatic heterocycles. The smallest absolute Gasteiger partial charge is 0.272 e. The Balaban J connectivity index is 1.72. The van der Waals surface area contributed by atoms with Crippen LogP contribution in [-0.2, 0) is 9.63 Å². The summed E-state index contributed by atoms with van der Waals surface area (Å²) in [6, 6.07) is 7.81. The van der Waals surface area contributed by atoms with Gasteiger partial charge < -0.3 is 10.2 Å². The second-order valence-electron chi connectivity index (χ2n) is 6.25. The van der Waals surface area contributed by atoms with Crippen LogP contribution < -0.4 is 5.32 Å². The van der Waals surface area contributed by atoms with Crippen molar-refractivity contribution in [3.8, 4) is 0 Å². The first-order valence-corrected chi connectivity index (χ1v) is 7.75. The maximum Gasteiger partial charge on any atom is 0.272 e. The maximum absolute atomic E-state index is 13.0. The molecule has 7 heteroatoms. The van der Waals surface area contributed by atoms with Crippen molar-refractivity contribution in [2.24, 2.45) is 5.16 Å². The predicted molar refractivity (Wildman–Crippen MR) is 88.3 cm³/mol.